The minimum Gasteiger partial charge on any atom is -0.271 e. The number of nitrogens with two attached hydrogens (primary N) is 1. The van der Waals surface area contributed by atoms with Gasteiger partial charge in [0.15, 0.2) is 0 Å². The van der Waals surface area contributed by atoms with Crippen LogP contribution >= 0.6 is 0 Å². The topological polar surface area (TPSA) is 38.0 Å². The predicted octanol–water partition coefficient (Wildman–Crippen LogP) is 2.80. The van der Waals surface area contributed by atoms with Crippen molar-refractivity contribution in [3.63, 3.8) is 0 Å². The van der Waals surface area contributed by atoms with Crippen LogP contribution in [0.2, 0.25) is 0 Å². The summed E-state index contributed by atoms with van der Waals surface area (Å²) >= 11 is 0. The summed E-state index contributed by atoms with van der Waals surface area (Å²) in [5.41, 5.74) is 1.96. The number of hydrogen-bond donors (Lipinski definition) is 2. The van der Waals surface area contributed by atoms with Gasteiger partial charge in [-0.2, -0.15) is 0 Å². The minimum atomic E-state index is -1.11. The van der Waals surface area contributed by atoms with Gasteiger partial charge in [0.25, 0.3) is 0 Å². The van der Waals surface area contributed by atoms with E-state index in [-0.39, 0.29) is 5.56 Å². The minimum absolute atomic E-state index is 0.229. The van der Waals surface area contributed by atoms with E-state index in [9.17, 15) is 17.6 Å². The second-order valence-corrected chi connectivity index (χ2v) is 3.94. The van der Waals surface area contributed by atoms with E-state index < -0.39 is 34.9 Å². The fraction of sp³-hybridized carbons (Fsp3) is 0.0769. The van der Waals surface area contributed by atoms with Crippen molar-refractivity contribution in [3.8, 4) is 0 Å². The lowest BCUT2D eigenvalue weighted by molar-refractivity contribution is 0.490. The van der Waals surface area contributed by atoms with Gasteiger partial charge in [-0.25, -0.2) is 23.0 Å². The van der Waals surface area contributed by atoms with Crippen molar-refractivity contribution in [1.29, 1.82) is 0 Å². The third-order valence-electron chi connectivity index (χ3n) is 2.68. The summed E-state index contributed by atoms with van der Waals surface area (Å²) in [6, 6.07) is 5.09. The van der Waals surface area contributed by atoms with Crippen LogP contribution in [0.5, 0.6) is 0 Å². The Kier molecular flexibility index (Phi) is 3.82. The number of halogens is 4. The molecule has 2 nitrogen and oxygen atoms in total. The van der Waals surface area contributed by atoms with E-state index in [1.54, 1.807) is 0 Å². The van der Waals surface area contributed by atoms with Crippen LogP contribution in [0, 0.1) is 23.3 Å². The number of benzene rings is 2. The second-order valence-electron chi connectivity index (χ2n) is 3.94. The highest BCUT2D eigenvalue weighted by Crippen LogP contribution is 2.27. The molecule has 2 aromatic rings. The summed E-state index contributed by atoms with van der Waals surface area (Å²) in [5, 5.41) is 0. The Morgan fingerprint density at radius 1 is 0.895 bits per heavy atom. The molecule has 0 aliphatic carbocycles. The van der Waals surface area contributed by atoms with E-state index in [1.807, 2.05) is 0 Å². The molecule has 0 radical (unpaired) electrons. The Bertz CT molecular complexity index is 578. The molecule has 0 heterocycles. The molecular formula is C13H10F4N2. The molecule has 2 aromatic carbocycles. The molecule has 2 rings (SSSR count). The molecule has 0 aliphatic rings. The van der Waals surface area contributed by atoms with Crippen LogP contribution in [0.4, 0.5) is 17.6 Å². The van der Waals surface area contributed by atoms with Crippen molar-refractivity contribution in [3.05, 3.63) is 70.8 Å². The first-order valence-electron chi connectivity index (χ1n) is 5.39. The molecule has 0 spiro atoms. The first kappa shape index (κ1) is 13.5. The summed E-state index contributed by atoms with van der Waals surface area (Å²) in [5.74, 6) is 1.48. The van der Waals surface area contributed by atoms with E-state index in [4.69, 9.17) is 5.84 Å². The fourth-order valence-electron chi connectivity index (χ4n) is 1.86. The zero-order valence-electron chi connectivity index (χ0n) is 9.63. The van der Waals surface area contributed by atoms with Gasteiger partial charge in [0.05, 0.1) is 6.04 Å². The third-order valence-corrected chi connectivity index (χ3v) is 2.68. The lowest BCUT2D eigenvalue weighted by Gasteiger charge is -2.18. The fourth-order valence-corrected chi connectivity index (χ4v) is 1.86. The Labute approximate surface area is 106 Å². The molecule has 3 N–H and O–H groups in total. The lowest BCUT2D eigenvalue weighted by atomic mass is 9.98. The van der Waals surface area contributed by atoms with Gasteiger partial charge in [-0.1, -0.05) is 12.1 Å². The lowest BCUT2D eigenvalue weighted by Crippen LogP contribution is -2.30. The van der Waals surface area contributed by atoms with Crippen LogP contribution in [-0.2, 0) is 0 Å². The molecular weight excluding hydrogens is 260 g/mol. The standard InChI is InChI=1S/C13H10F4N2/c14-8-3-1-2-7(4-8)13(19-18)12-10(16)5-9(15)6-11(12)17/h1-6,13,19H,18H2. The summed E-state index contributed by atoms with van der Waals surface area (Å²) in [7, 11) is 0. The third kappa shape index (κ3) is 2.74. The first-order chi connectivity index (χ1) is 9.02. The Morgan fingerprint density at radius 2 is 1.53 bits per heavy atom. The van der Waals surface area contributed by atoms with E-state index in [0.29, 0.717) is 12.1 Å². The van der Waals surface area contributed by atoms with Gasteiger partial charge < -0.3 is 0 Å². The van der Waals surface area contributed by atoms with E-state index in [2.05, 4.69) is 5.43 Å². The van der Waals surface area contributed by atoms with Crippen LogP contribution in [0.25, 0.3) is 0 Å². The molecule has 100 valence electrons. The summed E-state index contributed by atoms with van der Waals surface area (Å²) in [6.07, 6.45) is 0. The molecule has 0 amide bonds. The van der Waals surface area contributed by atoms with Gasteiger partial charge >= 0.3 is 0 Å². The van der Waals surface area contributed by atoms with E-state index in [1.165, 1.54) is 18.2 Å². The zero-order chi connectivity index (χ0) is 14.0. The van der Waals surface area contributed by atoms with Crippen molar-refractivity contribution < 1.29 is 17.6 Å². The van der Waals surface area contributed by atoms with Crippen molar-refractivity contribution in [1.82, 2.24) is 5.43 Å². The molecule has 0 saturated carbocycles. The summed E-state index contributed by atoms with van der Waals surface area (Å²) in [4.78, 5) is 0. The maximum atomic E-state index is 13.7. The molecule has 0 fully saturated rings. The Balaban J connectivity index is 2.54. The van der Waals surface area contributed by atoms with Crippen molar-refractivity contribution in [2.24, 2.45) is 5.84 Å². The van der Waals surface area contributed by atoms with Gasteiger partial charge in [-0.3, -0.25) is 5.84 Å². The SMILES string of the molecule is NNC(c1cccc(F)c1)c1c(F)cc(F)cc1F. The van der Waals surface area contributed by atoms with Crippen molar-refractivity contribution in [2.75, 3.05) is 0 Å². The van der Waals surface area contributed by atoms with Crippen LogP contribution in [0.3, 0.4) is 0 Å². The van der Waals surface area contributed by atoms with Crippen LogP contribution in [0.1, 0.15) is 17.2 Å². The Hall–Kier alpha value is -1.92. The largest absolute Gasteiger partial charge is 0.271 e. The van der Waals surface area contributed by atoms with E-state index >= 15 is 0 Å². The first-order valence-corrected chi connectivity index (χ1v) is 5.39. The molecule has 1 unspecified atom stereocenters. The molecule has 19 heavy (non-hydrogen) atoms. The van der Waals surface area contributed by atoms with Crippen LogP contribution in [-0.4, -0.2) is 0 Å². The number of nitrogens with one attached hydrogen (secondary N) is 1. The van der Waals surface area contributed by atoms with Gasteiger partial charge in [0.2, 0.25) is 0 Å². The van der Waals surface area contributed by atoms with Crippen LogP contribution in [0.15, 0.2) is 36.4 Å². The maximum Gasteiger partial charge on any atom is 0.134 e. The Morgan fingerprint density at radius 3 is 2.05 bits per heavy atom. The maximum absolute atomic E-state index is 13.7. The highest BCUT2D eigenvalue weighted by atomic mass is 19.1. The molecule has 0 saturated heterocycles. The monoisotopic (exact) mass is 270 g/mol. The molecule has 0 aromatic heterocycles. The summed E-state index contributed by atoms with van der Waals surface area (Å²) in [6.45, 7) is 0. The molecule has 0 aliphatic heterocycles. The van der Waals surface area contributed by atoms with Crippen molar-refractivity contribution in [2.45, 2.75) is 6.04 Å². The molecule has 1 atom stereocenters. The average molecular weight is 270 g/mol. The predicted molar refractivity (Wildman–Crippen MR) is 61.9 cm³/mol. The highest BCUT2D eigenvalue weighted by Gasteiger charge is 2.22. The quantitative estimate of drug-likeness (QED) is 0.511. The summed E-state index contributed by atoms with van der Waals surface area (Å²) < 4.78 is 53.3. The number of hydrazine groups is 1. The average Bonchev–Trinajstić information content (AvgIpc) is 2.33. The van der Waals surface area contributed by atoms with Gasteiger partial charge in [0, 0.05) is 17.7 Å². The smallest absolute Gasteiger partial charge is 0.134 e. The second kappa shape index (κ2) is 5.38. The number of rotatable bonds is 3. The normalized spacial score (nSPS) is 12.5. The molecule has 6 heteroatoms. The van der Waals surface area contributed by atoms with Crippen LogP contribution < -0.4 is 11.3 Å². The van der Waals surface area contributed by atoms with Gasteiger partial charge in [-0.15, -0.1) is 0 Å². The van der Waals surface area contributed by atoms with Gasteiger partial charge in [0.1, 0.15) is 23.3 Å². The highest BCUT2D eigenvalue weighted by molar-refractivity contribution is 5.34. The zero-order valence-corrected chi connectivity index (χ0v) is 9.63. The van der Waals surface area contributed by atoms with Crippen molar-refractivity contribution >= 4 is 0 Å². The molecule has 0 bridgehead atoms. The van der Waals surface area contributed by atoms with E-state index in [0.717, 1.165) is 6.07 Å². The number of hydrogen-bond acceptors (Lipinski definition) is 2. The van der Waals surface area contributed by atoms with Gasteiger partial charge in [-0.05, 0) is 17.7 Å².